The SMILES string of the molecule is Fc1cc(Br)ccc1NCc1nc2ccccc2s1. The first-order valence-corrected chi connectivity index (χ1v) is 7.37. The number of aromatic nitrogens is 1. The number of hydrogen-bond donors (Lipinski definition) is 1. The number of benzene rings is 2. The number of para-hydroxylation sites is 1. The van der Waals surface area contributed by atoms with Crippen LogP contribution in [0.15, 0.2) is 46.9 Å². The van der Waals surface area contributed by atoms with E-state index >= 15 is 0 Å². The van der Waals surface area contributed by atoms with Crippen molar-refractivity contribution in [2.24, 2.45) is 0 Å². The van der Waals surface area contributed by atoms with Gasteiger partial charge < -0.3 is 5.32 Å². The Morgan fingerprint density at radius 3 is 2.84 bits per heavy atom. The van der Waals surface area contributed by atoms with Crippen molar-refractivity contribution in [3.05, 3.63) is 57.8 Å². The van der Waals surface area contributed by atoms with Gasteiger partial charge in [-0.15, -0.1) is 11.3 Å². The van der Waals surface area contributed by atoms with Crippen LogP contribution in [0.5, 0.6) is 0 Å². The van der Waals surface area contributed by atoms with E-state index in [0.29, 0.717) is 12.2 Å². The van der Waals surface area contributed by atoms with Crippen LogP contribution in [0.1, 0.15) is 5.01 Å². The summed E-state index contributed by atoms with van der Waals surface area (Å²) in [6, 6.07) is 12.9. The number of halogens is 2. The molecule has 2 aromatic carbocycles. The predicted molar refractivity (Wildman–Crippen MR) is 81.0 cm³/mol. The average molecular weight is 337 g/mol. The Balaban J connectivity index is 1.78. The van der Waals surface area contributed by atoms with Crippen LogP contribution in [-0.4, -0.2) is 4.98 Å². The van der Waals surface area contributed by atoms with Crippen LogP contribution in [0.25, 0.3) is 10.2 Å². The second kappa shape index (κ2) is 5.27. The Labute approximate surface area is 122 Å². The molecule has 0 amide bonds. The lowest BCUT2D eigenvalue weighted by Crippen LogP contribution is -2.00. The maximum absolute atomic E-state index is 13.6. The Morgan fingerprint density at radius 1 is 1.21 bits per heavy atom. The maximum Gasteiger partial charge on any atom is 0.147 e. The highest BCUT2D eigenvalue weighted by molar-refractivity contribution is 9.10. The third-order valence-corrected chi connectivity index (χ3v) is 4.23. The molecule has 0 saturated carbocycles. The first-order valence-electron chi connectivity index (χ1n) is 5.76. The topological polar surface area (TPSA) is 24.9 Å². The van der Waals surface area contributed by atoms with Gasteiger partial charge in [-0.05, 0) is 30.3 Å². The molecule has 0 radical (unpaired) electrons. The first-order chi connectivity index (χ1) is 9.22. The lowest BCUT2D eigenvalue weighted by atomic mass is 10.3. The van der Waals surface area contributed by atoms with Crippen LogP contribution in [0, 0.1) is 5.82 Å². The summed E-state index contributed by atoms with van der Waals surface area (Å²) in [5.74, 6) is -0.268. The molecular weight excluding hydrogens is 327 g/mol. The Bertz CT molecular complexity index is 693. The van der Waals surface area contributed by atoms with Gasteiger partial charge in [-0.25, -0.2) is 9.37 Å². The molecule has 3 rings (SSSR count). The van der Waals surface area contributed by atoms with Gasteiger partial charge in [0, 0.05) is 4.47 Å². The van der Waals surface area contributed by atoms with Crippen molar-refractivity contribution >= 4 is 43.2 Å². The summed E-state index contributed by atoms with van der Waals surface area (Å²) in [7, 11) is 0. The summed E-state index contributed by atoms with van der Waals surface area (Å²) in [5, 5.41) is 4.02. The normalized spacial score (nSPS) is 10.8. The molecule has 19 heavy (non-hydrogen) atoms. The minimum absolute atomic E-state index is 0.268. The summed E-state index contributed by atoms with van der Waals surface area (Å²) in [6.07, 6.45) is 0. The molecular formula is C14H10BrFN2S. The number of nitrogens with zero attached hydrogens (tertiary/aromatic N) is 1. The average Bonchev–Trinajstić information content (AvgIpc) is 2.80. The third-order valence-electron chi connectivity index (χ3n) is 2.70. The molecule has 0 aliphatic carbocycles. The molecule has 1 N–H and O–H groups in total. The highest BCUT2D eigenvalue weighted by Crippen LogP contribution is 2.24. The van der Waals surface area contributed by atoms with Crippen molar-refractivity contribution in [2.75, 3.05) is 5.32 Å². The van der Waals surface area contributed by atoms with Crippen molar-refractivity contribution in [2.45, 2.75) is 6.54 Å². The number of rotatable bonds is 3. The van der Waals surface area contributed by atoms with E-state index in [1.807, 2.05) is 30.3 Å². The van der Waals surface area contributed by atoms with Crippen LogP contribution in [0.3, 0.4) is 0 Å². The fourth-order valence-electron chi connectivity index (χ4n) is 1.80. The van der Waals surface area contributed by atoms with Crippen molar-refractivity contribution in [3.63, 3.8) is 0 Å². The van der Waals surface area contributed by atoms with Crippen molar-refractivity contribution in [1.82, 2.24) is 4.98 Å². The Hall–Kier alpha value is -1.46. The zero-order valence-electron chi connectivity index (χ0n) is 9.86. The van der Waals surface area contributed by atoms with E-state index in [-0.39, 0.29) is 5.82 Å². The van der Waals surface area contributed by atoms with Gasteiger partial charge in [-0.1, -0.05) is 28.1 Å². The van der Waals surface area contributed by atoms with Gasteiger partial charge in [0.1, 0.15) is 10.8 Å². The van der Waals surface area contributed by atoms with Crippen molar-refractivity contribution < 1.29 is 4.39 Å². The van der Waals surface area contributed by atoms with E-state index in [0.717, 1.165) is 19.7 Å². The Kier molecular flexibility index (Phi) is 3.48. The summed E-state index contributed by atoms with van der Waals surface area (Å²) < 4.78 is 15.5. The van der Waals surface area contributed by atoms with E-state index in [2.05, 4.69) is 26.2 Å². The summed E-state index contributed by atoms with van der Waals surface area (Å²) >= 11 is 4.86. The quantitative estimate of drug-likeness (QED) is 0.742. The van der Waals surface area contributed by atoms with E-state index in [1.54, 1.807) is 17.4 Å². The van der Waals surface area contributed by atoms with Crippen LogP contribution >= 0.6 is 27.3 Å². The highest BCUT2D eigenvalue weighted by Gasteiger charge is 2.05. The van der Waals surface area contributed by atoms with Crippen LogP contribution < -0.4 is 5.32 Å². The molecule has 1 heterocycles. The minimum atomic E-state index is -0.268. The standard InChI is InChI=1S/C14H10BrFN2S/c15-9-5-6-11(10(16)7-9)17-8-14-18-12-3-1-2-4-13(12)19-14/h1-7,17H,8H2. The molecule has 0 fully saturated rings. The number of anilines is 1. The van der Waals surface area contributed by atoms with Gasteiger partial charge in [0.15, 0.2) is 0 Å². The fourth-order valence-corrected chi connectivity index (χ4v) is 3.04. The van der Waals surface area contributed by atoms with E-state index in [4.69, 9.17) is 0 Å². The second-order valence-electron chi connectivity index (χ2n) is 4.05. The van der Waals surface area contributed by atoms with Crippen LogP contribution in [-0.2, 0) is 6.54 Å². The molecule has 1 aromatic heterocycles. The van der Waals surface area contributed by atoms with Crippen molar-refractivity contribution in [3.8, 4) is 0 Å². The third kappa shape index (κ3) is 2.77. The largest absolute Gasteiger partial charge is 0.376 e. The van der Waals surface area contributed by atoms with Crippen LogP contribution in [0.2, 0.25) is 0 Å². The van der Waals surface area contributed by atoms with Gasteiger partial charge in [-0.2, -0.15) is 0 Å². The molecule has 0 saturated heterocycles. The second-order valence-corrected chi connectivity index (χ2v) is 6.08. The minimum Gasteiger partial charge on any atom is -0.376 e. The monoisotopic (exact) mass is 336 g/mol. The molecule has 0 aliphatic heterocycles. The molecule has 0 spiro atoms. The lowest BCUT2D eigenvalue weighted by molar-refractivity contribution is 0.629. The van der Waals surface area contributed by atoms with Crippen LogP contribution in [0.4, 0.5) is 10.1 Å². The Morgan fingerprint density at radius 2 is 2.05 bits per heavy atom. The zero-order valence-corrected chi connectivity index (χ0v) is 12.3. The molecule has 0 aliphatic rings. The van der Waals surface area contributed by atoms with Gasteiger partial charge in [0.25, 0.3) is 0 Å². The number of hydrogen-bond acceptors (Lipinski definition) is 3. The molecule has 3 aromatic rings. The van der Waals surface area contributed by atoms with Crippen molar-refractivity contribution in [1.29, 1.82) is 0 Å². The molecule has 5 heteroatoms. The van der Waals surface area contributed by atoms with Gasteiger partial charge in [0.05, 0.1) is 22.4 Å². The molecule has 2 nitrogen and oxygen atoms in total. The maximum atomic E-state index is 13.6. The fraction of sp³-hybridized carbons (Fsp3) is 0.0714. The van der Waals surface area contributed by atoms with Gasteiger partial charge in [-0.3, -0.25) is 0 Å². The molecule has 0 atom stereocenters. The first kappa shape index (κ1) is 12.6. The number of nitrogens with one attached hydrogen (secondary N) is 1. The van der Waals surface area contributed by atoms with E-state index in [1.165, 1.54) is 6.07 Å². The summed E-state index contributed by atoms with van der Waals surface area (Å²) in [6.45, 7) is 0.526. The van der Waals surface area contributed by atoms with Gasteiger partial charge >= 0.3 is 0 Å². The number of thiazole rings is 1. The molecule has 0 bridgehead atoms. The number of fused-ring (bicyclic) bond motifs is 1. The molecule has 96 valence electrons. The lowest BCUT2D eigenvalue weighted by Gasteiger charge is -2.05. The predicted octanol–water partition coefficient (Wildman–Crippen LogP) is 4.81. The smallest absolute Gasteiger partial charge is 0.147 e. The highest BCUT2D eigenvalue weighted by atomic mass is 79.9. The zero-order chi connectivity index (χ0) is 13.2. The molecule has 0 unspecified atom stereocenters. The van der Waals surface area contributed by atoms with E-state index < -0.39 is 0 Å². The summed E-state index contributed by atoms with van der Waals surface area (Å²) in [5.41, 5.74) is 1.48. The van der Waals surface area contributed by atoms with E-state index in [9.17, 15) is 4.39 Å². The summed E-state index contributed by atoms with van der Waals surface area (Å²) in [4.78, 5) is 4.50. The van der Waals surface area contributed by atoms with Gasteiger partial charge in [0.2, 0.25) is 0 Å².